The zero-order chi connectivity index (χ0) is 12.5. The van der Waals surface area contributed by atoms with Gasteiger partial charge in [-0.1, -0.05) is 19.8 Å². The molecule has 0 aromatic carbocycles. The Morgan fingerprint density at radius 2 is 2.18 bits per heavy atom. The lowest BCUT2D eigenvalue weighted by molar-refractivity contribution is -0.140. The molecule has 1 fully saturated rings. The van der Waals surface area contributed by atoms with Crippen molar-refractivity contribution >= 4 is 5.97 Å². The van der Waals surface area contributed by atoms with Gasteiger partial charge in [-0.2, -0.15) is 0 Å². The van der Waals surface area contributed by atoms with E-state index < -0.39 is 12.0 Å². The molecule has 1 heterocycles. The van der Waals surface area contributed by atoms with Crippen LogP contribution in [0.15, 0.2) is 0 Å². The summed E-state index contributed by atoms with van der Waals surface area (Å²) < 4.78 is 1.47. The Hall–Kier alpha value is -1.46. The van der Waals surface area contributed by atoms with Crippen LogP contribution in [-0.2, 0) is 10.2 Å². The maximum atomic E-state index is 11.0. The second-order valence-electron chi connectivity index (χ2n) is 4.80. The molecule has 1 aromatic heterocycles. The summed E-state index contributed by atoms with van der Waals surface area (Å²) in [5.41, 5.74) is -0.0206. The molecule has 6 heteroatoms. The quantitative estimate of drug-likeness (QED) is 0.860. The minimum Gasteiger partial charge on any atom is -0.480 e. The van der Waals surface area contributed by atoms with Crippen molar-refractivity contribution in [2.45, 2.75) is 57.4 Å². The molecule has 0 radical (unpaired) electrons. The molecule has 0 aliphatic heterocycles. The summed E-state index contributed by atoms with van der Waals surface area (Å²) in [6, 6.07) is -0.705. The number of carbonyl (C=O) groups is 1. The van der Waals surface area contributed by atoms with Crippen molar-refractivity contribution in [2.75, 3.05) is 0 Å². The zero-order valence-electron chi connectivity index (χ0n) is 10.3. The van der Waals surface area contributed by atoms with Crippen molar-refractivity contribution < 1.29 is 9.90 Å². The fourth-order valence-electron chi connectivity index (χ4n) is 2.70. The molecule has 1 atom stereocenters. The molecule has 2 rings (SSSR count). The fourth-order valence-corrected chi connectivity index (χ4v) is 2.70. The Labute approximate surface area is 100 Å². The van der Waals surface area contributed by atoms with Crippen molar-refractivity contribution in [1.29, 1.82) is 0 Å². The van der Waals surface area contributed by atoms with Crippen LogP contribution in [0, 0.1) is 0 Å². The molecule has 0 bridgehead atoms. The van der Waals surface area contributed by atoms with E-state index in [4.69, 9.17) is 5.11 Å². The molecule has 0 amide bonds. The van der Waals surface area contributed by atoms with Crippen molar-refractivity contribution in [1.82, 2.24) is 20.2 Å². The van der Waals surface area contributed by atoms with E-state index in [1.54, 1.807) is 6.92 Å². The minimum absolute atomic E-state index is 0.0206. The number of rotatable bonds is 4. The summed E-state index contributed by atoms with van der Waals surface area (Å²) in [5, 5.41) is 20.7. The highest BCUT2D eigenvalue weighted by Gasteiger charge is 2.40. The maximum absolute atomic E-state index is 11.0. The normalized spacial score (nSPS) is 20.4. The summed E-state index contributed by atoms with van der Waals surface area (Å²) in [7, 11) is 0. The lowest BCUT2D eigenvalue weighted by Gasteiger charge is -2.26. The van der Waals surface area contributed by atoms with Gasteiger partial charge in [0.15, 0.2) is 5.82 Å². The van der Waals surface area contributed by atoms with Crippen LogP contribution in [0.3, 0.4) is 0 Å². The summed E-state index contributed by atoms with van der Waals surface area (Å²) in [6.07, 6.45) is 5.40. The number of aliphatic carboxylic acids is 1. The highest BCUT2D eigenvalue weighted by atomic mass is 16.4. The SMILES string of the molecule is CCC1(c2nnnn2C(C)C(=O)O)CCCC1. The van der Waals surface area contributed by atoms with Gasteiger partial charge in [-0.05, 0) is 36.6 Å². The third-order valence-electron chi connectivity index (χ3n) is 3.93. The molecule has 94 valence electrons. The molecule has 1 aromatic rings. The number of hydrogen-bond acceptors (Lipinski definition) is 4. The van der Waals surface area contributed by atoms with Crippen LogP contribution >= 0.6 is 0 Å². The van der Waals surface area contributed by atoms with E-state index in [-0.39, 0.29) is 5.41 Å². The zero-order valence-corrected chi connectivity index (χ0v) is 10.3. The largest absolute Gasteiger partial charge is 0.480 e. The van der Waals surface area contributed by atoms with Gasteiger partial charge in [0.2, 0.25) is 0 Å². The van der Waals surface area contributed by atoms with Crippen molar-refractivity contribution in [3.8, 4) is 0 Å². The first-order valence-corrected chi connectivity index (χ1v) is 6.12. The first-order valence-electron chi connectivity index (χ1n) is 6.12. The van der Waals surface area contributed by atoms with Gasteiger partial charge in [-0.25, -0.2) is 9.48 Å². The Morgan fingerprint density at radius 3 is 2.71 bits per heavy atom. The summed E-state index contributed by atoms with van der Waals surface area (Å²) >= 11 is 0. The number of tetrazole rings is 1. The smallest absolute Gasteiger partial charge is 0.328 e. The fraction of sp³-hybridized carbons (Fsp3) is 0.818. The average molecular weight is 238 g/mol. The molecule has 1 unspecified atom stereocenters. The lowest BCUT2D eigenvalue weighted by Crippen LogP contribution is -2.30. The van der Waals surface area contributed by atoms with E-state index in [1.165, 1.54) is 17.5 Å². The van der Waals surface area contributed by atoms with Crippen molar-refractivity contribution in [3.05, 3.63) is 5.82 Å². The molecule has 1 aliphatic rings. The average Bonchev–Trinajstić information content (AvgIpc) is 2.97. The maximum Gasteiger partial charge on any atom is 0.328 e. The molecule has 17 heavy (non-hydrogen) atoms. The highest BCUT2D eigenvalue weighted by Crippen LogP contribution is 2.42. The van der Waals surface area contributed by atoms with E-state index in [9.17, 15) is 4.79 Å². The molecular weight excluding hydrogens is 220 g/mol. The van der Waals surface area contributed by atoms with E-state index in [1.807, 2.05) is 0 Å². The van der Waals surface area contributed by atoms with E-state index in [2.05, 4.69) is 22.4 Å². The Bertz CT molecular complexity index is 409. The van der Waals surface area contributed by atoms with E-state index in [0.717, 1.165) is 25.1 Å². The molecule has 0 spiro atoms. The van der Waals surface area contributed by atoms with Gasteiger partial charge < -0.3 is 5.11 Å². The van der Waals surface area contributed by atoms with Gasteiger partial charge in [0.05, 0.1) is 0 Å². The number of hydrogen-bond donors (Lipinski definition) is 1. The first kappa shape index (κ1) is 12.0. The second kappa shape index (κ2) is 4.43. The molecule has 1 N–H and O–H groups in total. The third-order valence-corrected chi connectivity index (χ3v) is 3.93. The van der Waals surface area contributed by atoms with Crippen LogP contribution in [0.4, 0.5) is 0 Å². The van der Waals surface area contributed by atoms with Gasteiger partial charge in [-0.3, -0.25) is 0 Å². The van der Waals surface area contributed by atoms with E-state index in [0.29, 0.717) is 0 Å². The van der Waals surface area contributed by atoms with E-state index >= 15 is 0 Å². The van der Waals surface area contributed by atoms with Crippen LogP contribution < -0.4 is 0 Å². The third kappa shape index (κ3) is 1.92. The lowest BCUT2D eigenvalue weighted by atomic mass is 9.82. The molecule has 1 saturated carbocycles. The Balaban J connectivity index is 2.38. The first-order chi connectivity index (χ1) is 8.10. The second-order valence-corrected chi connectivity index (χ2v) is 4.80. The van der Waals surface area contributed by atoms with Gasteiger partial charge in [0, 0.05) is 5.41 Å². The number of aromatic nitrogens is 4. The summed E-state index contributed by atoms with van der Waals surface area (Å²) in [4.78, 5) is 11.0. The molecule has 0 saturated heterocycles. The predicted octanol–water partition coefficient (Wildman–Crippen LogP) is 1.54. The summed E-state index contributed by atoms with van der Waals surface area (Å²) in [5.74, 6) is -0.157. The summed E-state index contributed by atoms with van der Waals surface area (Å²) in [6.45, 7) is 3.73. The van der Waals surface area contributed by atoms with Gasteiger partial charge in [0.25, 0.3) is 0 Å². The van der Waals surface area contributed by atoms with Crippen molar-refractivity contribution in [3.63, 3.8) is 0 Å². The number of nitrogens with zero attached hydrogens (tertiary/aromatic N) is 4. The van der Waals surface area contributed by atoms with Crippen LogP contribution in [0.2, 0.25) is 0 Å². The standard InChI is InChI=1S/C11H18N4O2/c1-3-11(6-4-5-7-11)10-12-13-14-15(10)8(2)9(16)17/h8H,3-7H2,1-2H3,(H,16,17). The Kier molecular flexibility index (Phi) is 3.13. The molecular formula is C11H18N4O2. The van der Waals surface area contributed by atoms with Gasteiger partial charge in [0.1, 0.15) is 6.04 Å². The van der Waals surface area contributed by atoms with Gasteiger partial charge in [-0.15, -0.1) is 5.10 Å². The number of carboxylic acids is 1. The highest BCUT2D eigenvalue weighted by molar-refractivity contribution is 5.71. The predicted molar refractivity (Wildman–Crippen MR) is 60.6 cm³/mol. The molecule has 6 nitrogen and oxygen atoms in total. The van der Waals surface area contributed by atoms with Gasteiger partial charge >= 0.3 is 5.97 Å². The minimum atomic E-state index is -0.900. The van der Waals surface area contributed by atoms with Crippen LogP contribution in [0.1, 0.15) is 57.8 Å². The monoisotopic (exact) mass is 238 g/mol. The van der Waals surface area contributed by atoms with Crippen LogP contribution in [0.25, 0.3) is 0 Å². The van der Waals surface area contributed by atoms with Crippen LogP contribution in [-0.4, -0.2) is 31.3 Å². The topological polar surface area (TPSA) is 80.9 Å². The van der Waals surface area contributed by atoms with Crippen molar-refractivity contribution in [2.24, 2.45) is 0 Å². The number of carboxylic acid groups (broad SMARTS) is 1. The Morgan fingerprint density at radius 1 is 1.53 bits per heavy atom. The molecule has 1 aliphatic carbocycles. The van der Waals surface area contributed by atoms with Crippen LogP contribution in [0.5, 0.6) is 0 Å².